The average Bonchev–Trinajstić information content (AvgIpc) is 2.93. The van der Waals surface area contributed by atoms with Gasteiger partial charge in [-0.3, -0.25) is 0 Å². The summed E-state index contributed by atoms with van der Waals surface area (Å²) in [5, 5.41) is 4.53. The molecule has 0 aliphatic heterocycles. The Balaban J connectivity index is 1.88. The zero-order valence-corrected chi connectivity index (χ0v) is 12.9. The molecule has 2 aromatic rings. The van der Waals surface area contributed by atoms with Crippen LogP contribution in [0.25, 0.3) is 11.0 Å². The number of rotatable bonds is 10. The highest BCUT2D eigenvalue weighted by Crippen LogP contribution is 2.24. The van der Waals surface area contributed by atoms with Gasteiger partial charge in [-0.1, -0.05) is 32.0 Å². The molecule has 1 aromatic heterocycles. The summed E-state index contributed by atoms with van der Waals surface area (Å²) in [6.07, 6.45) is 1.04. The van der Waals surface area contributed by atoms with Gasteiger partial charge in [-0.05, 0) is 25.1 Å². The number of hydrogen-bond acceptors (Lipinski definition) is 4. The Kier molecular flexibility index (Phi) is 6.73. The number of para-hydroxylation sites is 1. The van der Waals surface area contributed by atoms with Gasteiger partial charge in [-0.25, -0.2) is 0 Å². The summed E-state index contributed by atoms with van der Waals surface area (Å²) >= 11 is 0. The summed E-state index contributed by atoms with van der Waals surface area (Å²) in [5.41, 5.74) is 0.918. The third-order valence-corrected chi connectivity index (χ3v) is 3.24. The lowest BCUT2D eigenvalue weighted by atomic mass is 10.2. The summed E-state index contributed by atoms with van der Waals surface area (Å²) in [4.78, 5) is 0. The van der Waals surface area contributed by atoms with E-state index in [0.29, 0.717) is 19.8 Å². The van der Waals surface area contributed by atoms with Gasteiger partial charge in [0.15, 0.2) is 0 Å². The Morgan fingerprint density at radius 2 is 1.90 bits per heavy atom. The lowest BCUT2D eigenvalue weighted by molar-refractivity contribution is 0.0372. The van der Waals surface area contributed by atoms with E-state index in [-0.39, 0.29) is 6.04 Å². The van der Waals surface area contributed by atoms with Crippen LogP contribution in [0.3, 0.4) is 0 Å². The summed E-state index contributed by atoms with van der Waals surface area (Å²) in [5.74, 6) is 0.924. The summed E-state index contributed by atoms with van der Waals surface area (Å²) < 4.78 is 17.0. The van der Waals surface area contributed by atoms with Gasteiger partial charge in [0.05, 0.1) is 25.9 Å². The van der Waals surface area contributed by atoms with Gasteiger partial charge in [-0.2, -0.15) is 0 Å². The molecule has 0 saturated carbocycles. The third-order valence-electron chi connectivity index (χ3n) is 3.24. The van der Waals surface area contributed by atoms with Crippen LogP contribution >= 0.6 is 0 Å². The fourth-order valence-electron chi connectivity index (χ4n) is 2.23. The lowest BCUT2D eigenvalue weighted by Gasteiger charge is -2.15. The molecule has 0 radical (unpaired) electrons. The largest absolute Gasteiger partial charge is 0.459 e. The Bertz CT molecular complexity index is 490. The van der Waals surface area contributed by atoms with E-state index in [1.165, 1.54) is 0 Å². The van der Waals surface area contributed by atoms with E-state index in [4.69, 9.17) is 13.9 Å². The molecule has 1 aromatic carbocycles. The summed E-state index contributed by atoms with van der Waals surface area (Å²) in [6, 6.07) is 10.2. The first-order valence-electron chi connectivity index (χ1n) is 7.72. The predicted molar refractivity (Wildman–Crippen MR) is 84.6 cm³/mol. The second-order valence-corrected chi connectivity index (χ2v) is 4.98. The molecule has 1 heterocycles. The molecule has 4 nitrogen and oxygen atoms in total. The molecule has 2 rings (SSSR count). The molecule has 0 aliphatic carbocycles. The molecule has 1 N–H and O–H groups in total. The van der Waals surface area contributed by atoms with Crippen molar-refractivity contribution in [2.24, 2.45) is 0 Å². The number of furan rings is 1. The predicted octanol–water partition coefficient (Wildman–Crippen LogP) is 3.53. The van der Waals surface area contributed by atoms with Crippen molar-refractivity contribution >= 4 is 11.0 Å². The molecular weight excluding hydrogens is 266 g/mol. The van der Waals surface area contributed by atoms with Gasteiger partial charge in [0.2, 0.25) is 0 Å². The molecule has 4 heteroatoms. The van der Waals surface area contributed by atoms with E-state index >= 15 is 0 Å². The molecule has 0 aliphatic rings. The topological polar surface area (TPSA) is 43.6 Å². The molecule has 21 heavy (non-hydrogen) atoms. The number of benzene rings is 1. The van der Waals surface area contributed by atoms with Crippen LogP contribution in [0, 0.1) is 0 Å². The van der Waals surface area contributed by atoms with Crippen LogP contribution in [0.5, 0.6) is 0 Å². The Morgan fingerprint density at radius 3 is 2.67 bits per heavy atom. The van der Waals surface area contributed by atoms with Crippen LogP contribution in [-0.4, -0.2) is 33.0 Å². The molecular formula is C17H25NO3. The average molecular weight is 291 g/mol. The molecule has 0 fully saturated rings. The van der Waals surface area contributed by atoms with E-state index in [1.54, 1.807) is 0 Å². The van der Waals surface area contributed by atoms with Gasteiger partial charge in [0, 0.05) is 12.0 Å². The van der Waals surface area contributed by atoms with Crippen LogP contribution in [0.1, 0.15) is 32.1 Å². The van der Waals surface area contributed by atoms with Crippen molar-refractivity contribution in [3.8, 4) is 0 Å². The van der Waals surface area contributed by atoms with Crippen molar-refractivity contribution in [1.29, 1.82) is 0 Å². The normalized spacial score (nSPS) is 12.9. The second-order valence-electron chi connectivity index (χ2n) is 4.98. The summed E-state index contributed by atoms with van der Waals surface area (Å²) in [6.45, 7) is 7.70. The fraction of sp³-hybridized carbons (Fsp3) is 0.529. The van der Waals surface area contributed by atoms with Gasteiger partial charge < -0.3 is 19.2 Å². The maximum absolute atomic E-state index is 5.90. The maximum Gasteiger partial charge on any atom is 0.134 e. The number of ether oxygens (including phenoxy) is 2. The molecule has 1 atom stereocenters. The monoisotopic (exact) mass is 291 g/mol. The third kappa shape index (κ3) is 4.84. The maximum atomic E-state index is 5.90. The van der Waals surface area contributed by atoms with Crippen molar-refractivity contribution in [3.63, 3.8) is 0 Å². The molecule has 0 saturated heterocycles. The Labute approximate surface area is 126 Å². The lowest BCUT2D eigenvalue weighted by Crippen LogP contribution is -2.25. The van der Waals surface area contributed by atoms with Crippen molar-refractivity contribution < 1.29 is 13.9 Å². The minimum Gasteiger partial charge on any atom is -0.459 e. The Hall–Kier alpha value is -1.36. The van der Waals surface area contributed by atoms with Crippen LogP contribution in [0.15, 0.2) is 34.7 Å². The molecule has 1 unspecified atom stereocenters. The van der Waals surface area contributed by atoms with Gasteiger partial charge in [0.25, 0.3) is 0 Å². The molecule has 116 valence electrons. The highest BCUT2D eigenvalue weighted by molar-refractivity contribution is 5.77. The van der Waals surface area contributed by atoms with E-state index in [2.05, 4.69) is 31.3 Å². The van der Waals surface area contributed by atoms with Gasteiger partial charge in [0.1, 0.15) is 11.3 Å². The van der Waals surface area contributed by atoms with Crippen molar-refractivity contribution in [2.45, 2.75) is 26.3 Å². The van der Waals surface area contributed by atoms with Crippen molar-refractivity contribution in [3.05, 3.63) is 36.1 Å². The number of nitrogens with one attached hydrogen (secondary N) is 1. The summed E-state index contributed by atoms with van der Waals surface area (Å²) in [7, 11) is 0. The van der Waals surface area contributed by atoms with Crippen LogP contribution in [-0.2, 0) is 9.47 Å². The number of likely N-dealkylation sites (N-methyl/N-ethyl adjacent to an activating group) is 1. The highest BCUT2D eigenvalue weighted by Gasteiger charge is 2.15. The van der Waals surface area contributed by atoms with Crippen molar-refractivity contribution in [2.75, 3.05) is 33.0 Å². The van der Waals surface area contributed by atoms with E-state index in [1.807, 2.05) is 18.2 Å². The number of hydrogen-bond donors (Lipinski definition) is 1. The van der Waals surface area contributed by atoms with Gasteiger partial charge in [-0.15, -0.1) is 0 Å². The first-order chi connectivity index (χ1) is 10.3. The minimum atomic E-state index is 0.0774. The minimum absolute atomic E-state index is 0.0774. The van der Waals surface area contributed by atoms with Crippen LogP contribution in [0.4, 0.5) is 0 Å². The molecule has 0 spiro atoms. The quantitative estimate of drug-likeness (QED) is 0.680. The zero-order chi connectivity index (χ0) is 14.9. The zero-order valence-electron chi connectivity index (χ0n) is 12.9. The smallest absolute Gasteiger partial charge is 0.134 e. The fourth-order valence-corrected chi connectivity index (χ4v) is 2.23. The molecule has 0 amide bonds. The van der Waals surface area contributed by atoms with Gasteiger partial charge >= 0.3 is 0 Å². The first kappa shape index (κ1) is 16.0. The first-order valence-corrected chi connectivity index (χ1v) is 7.72. The Morgan fingerprint density at radius 1 is 1.10 bits per heavy atom. The SMILES string of the molecule is CCCOCCOCC(NCC)c1cc2ccccc2o1. The molecule has 0 bridgehead atoms. The van der Waals surface area contributed by atoms with E-state index in [0.717, 1.165) is 36.3 Å². The highest BCUT2D eigenvalue weighted by atomic mass is 16.5. The van der Waals surface area contributed by atoms with Crippen molar-refractivity contribution in [1.82, 2.24) is 5.32 Å². The van der Waals surface area contributed by atoms with Crippen LogP contribution < -0.4 is 5.32 Å². The number of fused-ring (bicyclic) bond motifs is 1. The van der Waals surface area contributed by atoms with E-state index in [9.17, 15) is 0 Å². The van der Waals surface area contributed by atoms with Crippen LogP contribution in [0.2, 0.25) is 0 Å². The standard InChI is InChI=1S/C17H25NO3/c1-3-9-19-10-11-20-13-15(18-4-2)17-12-14-7-5-6-8-16(14)21-17/h5-8,12,15,18H,3-4,9-11,13H2,1-2H3. The second kappa shape index (κ2) is 8.82. The van der Waals surface area contributed by atoms with E-state index < -0.39 is 0 Å².